The normalized spacial score (nSPS) is 14.1. The summed E-state index contributed by atoms with van der Waals surface area (Å²) in [7, 11) is 0. The molecule has 31 heavy (non-hydrogen) atoms. The number of carbonyl (C=O) groups excluding carboxylic acids is 2. The summed E-state index contributed by atoms with van der Waals surface area (Å²) in [5.41, 5.74) is 11.0. The molecule has 0 radical (unpaired) electrons. The van der Waals surface area contributed by atoms with Crippen LogP contribution in [0.5, 0.6) is 0 Å². The van der Waals surface area contributed by atoms with Crippen molar-refractivity contribution in [2.75, 3.05) is 5.43 Å². The van der Waals surface area contributed by atoms with Gasteiger partial charge in [0.15, 0.2) is 5.76 Å². The fraction of sp³-hybridized carbons (Fsp3) is 0.174. The minimum absolute atomic E-state index is 0.134. The van der Waals surface area contributed by atoms with E-state index in [0.717, 1.165) is 17.7 Å². The fourth-order valence-corrected chi connectivity index (χ4v) is 3.49. The molecular formula is C23H21FN4O3. The van der Waals surface area contributed by atoms with E-state index in [-0.39, 0.29) is 11.6 Å². The van der Waals surface area contributed by atoms with E-state index in [1.165, 1.54) is 12.1 Å². The Bertz CT molecular complexity index is 1140. The molecule has 0 aliphatic heterocycles. The van der Waals surface area contributed by atoms with Gasteiger partial charge in [-0.15, -0.1) is 0 Å². The van der Waals surface area contributed by atoms with Crippen LogP contribution >= 0.6 is 0 Å². The first-order valence-corrected chi connectivity index (χ1v) is 9.89. The van der Waals surface area contributed by atoms with Gasteiger partial charge in [-0.3, -0.25) is 25.9 Å². The van der Waals surface area contributed by atoms with Gasteiger partial charge in [-0.1, -0.05) is 18.2 Å². The lowest BCUT2D eigenvalue weighted by molar-refractivity contribution is 0.0829. The summed E-state index contributed by atoms with van der Waals surface area (Å²) in [6, 6.07) is 14.5. The number of nitrogens with zero attached hydrogens (tertiary/aromatic N) is 1. The number of hydrogen-bond donors (Lipinski definition) is 3. The van der Waals surface area contributed by atoms with Gasteiger partial charge in [0.1, 0.15) is 11.6 Å². The van der Waals surface area contributed by atoms with Crippen molar-refractivity contribution in [2.45, 2.75) is 26.2 Å². The standard InChI is InChI=1S/C23H21FN4O3/c1-14-20-18(26-25-17-12-10-16(24)11-13-17)8-5-9-19(20)31-21(14)23(30)28-27-22(29)15-6-3-2-4-7-15/h2-4,6-7,10-13,25H,5,8-9H2,1H3,(H,27,29)(H,28,30)/b26-18+. The molecular weight excluding hydrogens is 399 g/mol. The summed E-state index contributed by atoms with van der Waals surface area (Å²) in [5.74, 6) is -0.466. The van der Waals surface area contributed by atoms with Crippen LogP contribution in [-0.4, -0.2) is 17.5 Å². The number of furan rings is 1. The average molecular weight is 420 g/mol. The summed E-state index contributed by atoms with van der Waals surface area (Å²) >= 11 is 0. The van der Waals surface area contributed by atoms with Crippen LogP contribution in [0.1, 0.15) is 50.6 Å². The molecule has 0 unspecified atom stereocenters. The van der Waals surface area contributed by atoms with Crippen LogP contribution < -0.4 is 16.3 Å². The summed E-state index contributed by atoms with van der Waals surface area (Å²) in [6.07, 6.45) is 2.23. The number of aryl methyl sites for hydroxylation is 1. The van der Waals surface area contributed by atoms with Crippen LogP contribution in [0.15, 0.2) is 64.1 Å². The molecule has 1 aliphatic carbocycles. The molecule has 1 heterocycles. The molecule has 2 aromatic carbocycles. The van der Waals surface area contributed by atoms with Crippen molar-refractivity contribution >= 4 is 23.2 Å². The number of rotatable bonds is 4. The quantitative estimate of drug-likeness (QED) is 0.557. The predicted octanol–water partition coefficient (Wildman–Crippen LogP) is 3.95. The largest absolute Gasteiger partial charge is 0.455 e. The van der Waals surface area contributed by atoms with E-state index in [2.05, 4.69) is 21.4 Å². The number of nitrogens with one attached hydrogen (secondary N) is 3. The number of anilines is 1. The summed E-state index contributed by atoms with van der Waals surface area (Å²) < 4.78 is 18.9. The zero-order valence-corrected chi connectivity index (χ0v) is 16.9. The molecule has 0 saturated carbocycles. The van der Waals surface area contributed by atoms with E-state index in [0.29, 0.717) is 35.4 Å². The number of halogens is 1. The van der Waals surface area contributed by atoms with E-state index in [9.17, 15) is 14.0 Å². The number of hydrazine groups is 1. The molecule has 0 spiro atoms. The summed E-state index contributed by atoms with van der Waals surface area (Å²) in [6.45, 7) is 1.79. The third-order valence-electron chi connectivity index (χ3n) is 5.02. The van der Waals surface area contributed by atoms with E-state index in [4.69, 9.17) is 4.42 Å². The summed E-state index contributed by atoms with van der Waals surface area (Å²) in [4.78, 5) is 24.8. The maximum atomic E-state index is 13.1. The zero-order chi connectivity index (χ0) is 21.8. The van der Waals surface area contributed by atoms with Gasteiger partial charge >= 0.3 is 5.91 Å². The zero-order valence-electron chi connectivity index (χ0n) is 16.9. The number of benzene rings is 2. The molecule has 4 rings (SSSR count). The Morgan fingerprint density at radius 1 is 0.968 bits per heavy atom. The van der Waals surface area contributed by atoms with Gasteiger partial charge in [-0.2, -0.15) is 5.10 Å². The van der Waals surface area contributed by atoms with Gasteiger partial charge in [-0.25, -0.2) is 4.39 Å². The minimum Gasteiger partial charge on any atom is -0.455 e. The van der Waals surface area contributed by atoms with E-state index >= 15 is 0 Å². The lowest BCUT2D eigenvalue weighted by Crippen LogP contribution is -2.41. The summed E-state index contributed by atoms with van der Waals surface area (Å²) in [5, 5.41) is 4.45. The molecule has 3 N–H and O–H groups in total. The van der Waals surface area contributed by atoms with Crippen molar-refractivity contribution < 1.29 is 18.4 Å². The van der Waals surface area contributed by atoms with Gasteiger partial charge in [0.05, 0.1) is 11.4 Å². The van der Waals surface area contributed by atoms with E-state index in [1.807, 2.05) is 0 Å². The second-order valence-electron chi connectivity index (χ2n) is 7.16. The van der Waals surface area contributed by atoms with E-state index < -0.39 is 11.8 Å². The van der Waals surface area contributed by atoms with Crippen LogP contribution in [0, 0.1) is 12.7 Å². The Morgan fingerprint density at radius 3 is 2.42 bits per heavy atom. The van der Waals surface area contributed by atoms with Crippen molar-refractivity contribution in [3.05, 3.63) is 88.6 Å². The molecule has 0 saturated heterocycles. The number of carbonyl (C=O) groups is 2. The van der Waals surface area contributed by atoms with Gasteiger partial charge in [0.2, 0.25) is 0 Å². The molecule has 1 aliphatic rings. The third-order valence-corrected chi connectivity index (χ3v) is 5.02. The smallest absolute Gasteiger partial charge is 0.305 e. The molecule has 2 amide bonds. The topological polar surface area (TPSA) is 95.7 Å². The second-order valence-corrected chi connectivity index (χ2v) is 7.16. The van der Waals surface area contributed by atoms with Crippen LogP contribution in [0.3, 0.4) is 0 Å². The number of fused-ring (bicyclic) bond motifs is 1. The lowest BCUT2D eigenvalue weighted by Gasteiger charge is -2.13. The molecule has 7 nitrogen and oxygen atoms in total. The van der Waals surface area contributed by atoms with Gasteiger partial charge in [0.25, 0.3) is 5.91 Å². The minimum atomic E-state index is -0.540. The molecule has 3 aromatic rings. The lowest BCUT2D eigenvalue weighted by atomic mass is 9.93. The highest BCUT2D eigenvalue weighted by Gasteiger charge is 2.28. The van der Waals surface area contributed by atoms with Crippen LogP contribution in [0.25, 0.3) is 0 Å². The Balaban J connectivity index is 1.49. The molecule has 8 heteroatoms. The first-order valence-electron chi connectivity index (χ1n) is 9.89. The molecule has 158 valence electrons. The van der Waals surface area contributed by atoms with E-state index in [1.54, 1.807) is 49.4 Å². The number of hydrazone groups is 1. The van der Waals surface area contributed by atoms with Crippen molar-refractivity contribution in [1.29, 1.82) is 0 Å². The highest BCUT2D eigenvalue weighted by Crippen LogP contribution is 2.30. The van der Waals surface area contributed by atoms with Crippen LogP contribution in [-0.2, 0) is 6.42 Å². The van der Waals surface area contributed by atoms with Crippen molar-refractivity contribution in [3.8, 4) is 0 Å². The molecule has 0 fully saturated rings. The van der Waals surface area contributed by atoms with Gasteiger partial charge in [-0.05, 0) is 56.2 Å². The number of hydrogen-bond acceptors (Lipinski definition) is 5. The highest BCUT2D eigenvalue weighted by atomic mass is 19.1. The van der Waals surface area contributed by atoms with Gasteiger partial charge < -0.3 is 4.42 Å². The Kier molecular flexibility index (Phi) is 5.79. The molecule has 0 atom stereocenters. The second kappa shape index (κ2) is 8.83. The maximum absolute atomic E-state index is 13.1. The Morgan fingerprint density at radius 2 is 1.68 bits per heavy atom. The van der Waals surface area contributed by atoms with Gasteiger partial charge in [0, 0.05) is 23.1 Å². The molecule has 0 bridgehead atoms. The third kappa shape index (κ3) is 4.48. The van der Waals surface area contributed by atoms with Crippen molar-refractivity contribution in [3.63, 3.8) is 0 Å². The monoisotopic (exact) mass is 420 g/mol. The molecule has 1 aromatic heterocycles. The van der Waals surface area contributed by atoms with Crippen LogP contribution in [0.4, 0.5) is 10.1 Å². The first kappa shape index (κ1) is 20.3. The fourth-order valence-electron chi connectivity index (χ4n) is 3.49. The predicted molar refractivity (Wildman–Crippen MR) is 114 cm³/mol. The van der Waals surface area contributed by atoms with Crippen molar-refractivity contribution in [1.82, 2.24) is 10.9 Å². The SMILES string of the molecule is Cc1c(C(=O)NNC(=O)c2ccccc2)oc2c1/C(=N/Nc1ccc(F)cc1)CCC2. The maximum Gasteiger partial charge on any atom is 0.305 e. The average Bonchev–Trinajstić information content (AvgIpc) is 3.14. The number of amides is 2. The first-order chi connectivity index (χ1) is 15.0. The Hall–Kier alpha value is -3.94. The van der Waals surface area contributed by atoms with Crippen LogP contribution in [0.2, 0.25) is 0 Å². The Labute approximate surface area is 178 Å². The highest BCUT2D eigenvalue weighted by molar-refractivity contribution is 6.07. The van der Waals surface area contributed by atoms with Crippen molar-refractivity contribution in [2.24, 2.45) is 5.10 Å².